The van der Waals surface area contributed by atoms with Gasteiger partial charge in [0, 0.05) is 18.3 Å². The highest BCUT2D eigenvalue weighted by Crippen LogP contribution is 2.34. The zero-order valence-electron chi connectivity index (χ0n) is 12.4. The van der Waals surface area contributed by atoms with Crippen molar-refractivity contribution in [3.8, 4) is 0 Å². The summed E-state index contributed by atoms with van der Waals surface area (Å²) in [7, 11) is 0. The summed E-state index contributed by atoms with van der Waals surface area (Å²) in [6.07, 6.45) is 9.15. The quantitative estimate of drug-likeness (QED) is 0.853. The zero-order valence-corrected chi connectivity index (χ0v) is 12.4. The van der Waals surface area contributed by atoms with Gasteiger partial charge >= 0.3 is 0 Å². The van der Waals surface area contributed by atoms with Gasteiger partial charge in [-0.1, -0.05) is 6.92 Å². The highest BCUT2D eigenvalue weighted by atomic mass is 15.1. The Kier molecular flexibility index (Phi) is 3.92. The highest BCUT2D eigenvalue weighted by molar-refractivity contribution is 5.20. The lowest BCUT2D eigenvalue weighted by Gasteiger charge is -2.22. The molecule has 19 heavy (non-hydrogen) atoms. The molecule has 0 saturated heterocycles. The van der Waals surface area contributed by atoms with Gasteiger partial charge in [-0.25, -0.2) is 4.98 Å². The molecule has 3 nitrogen and oxygen atoms in total. The van der Waals surface area contributed by atoms with Crippen LogP contribution < -0.4 is 5.32 Å². The Morgan fingerprint density at radius 2 is 2.11 bits per heavy atom. The van der Waals surface area contributed by atoms with Gasteiger partial charge in [-0.15, -0.1) is 0 Å². The number of hydrogen-bond donors (Lipinski definition) is 1. The number of aryl methyl sites for hydroxylation is 2. The summed E-state index contributed by atoms with van der Waals surface area (Å²) in [5.74, 6) is 2.14. The summed E-state index contributed by atoms with van der Waals surface area (Å²) in [4.78, 5) is 4.80. The third-order valence-electron chi connectivity index (χ3n) is 4.65. The third kappa shape index (κ3) is 2.86. The van der Waals surface area contributed by atoms with E-state index >= 15 is 0 Å². The van der Waals surface area contributed by atoms with Crippen molar-refractivity contribution in [3.05, 3.63) is 17.2 Å². The molecule has 3 rings (SSSR count). The molecule has 1 unspecified atom stereocenters. The molecule has 0 radical (unpaired) electrons. The fourth-order valence-electron chi connectivity index (χ4n) is 3.38. The molecule has 3 heteroatoms. The summed E-state index contributed by atoms with van der Waals surface area (Å²) in [6, 6.07) is 0.666. The van der Waals surface area contributed by atoms with Crippen molar-refractivity contribution >= 4 is 0 Å². The number of nitrogens with one attached hydrogen (secondary N) is 1. The van der Waals surface area contributed by atoms with Gasteiger partial charge in [-0.3, -0.25) is 0 Å². The van der Waals surface area contributed by atoms with E-state index in [0.717, 1.165) is 19.0 Å². The van der Waals surface area contributed by atoms with Gasteiger partial charge < -0.3 is 9.88 Å². The van der Waals surface area contributed by atoms with E-state index in [9.17, 15) is 0 Å². The first kappa shape index (κ1) is 13.2. The van der Waals surface area contributed by atoms with Gasteiger partial charge in [0.15, 0.2) is 0 Å². The van der Waals surface area contributed by atoms with E-state index in [1.807, 2.05) is 0 Å². The molecule has 1 atom stereocenters. The monoisotopic (exact) mass is 261 g/mol. The number of fused-ring (bicyclic) bond motifs is 1. The number of nitrogens with zero attached hydrogens (tertiary/aromatic N) is 2. The molecule has 2 aliphatic carbocycles. The molecule has 0 aliphatic heterocycles. The minimum atomic E-state index is 0.666. The van der Waals surface area contributed by atoms with E-state index in [4.69, 9.17) is 4.98 Å². The van der Waals surface area contributed by atoms with Crippen LogP contribution in [0.5, 0.6) is 0 Å². The Bertz CT molecular complexity index is 431. The Labute approximate surface area is 116 Å². The van der Waals surface area contributed by atoms with Crippen LogP contribution in [0.3, 0.4) is 0 Å². The summed E-state index contributed by atoms with van der Waals surface area (Å²) >= 11 is 0. The van der Waals surface area contributed by atoms with Crippen molar-refractivity contribution in [2.75, 3.05) is 6.54 Å². The molecule has 1 heterocycles. The highest BCUT2D eigenvalue weighted by Gasteiger charge is 2.32. The average Bonchev–Trinajstić information content (AvgIpc) is 3.20. The molecule has 1 N–H and O–H groups in total. The number of rotatable bonds is 6. The summed E-state index contributed by atoms with van der Waals surface area (Å²) in [6.45, 7) is 6.72. The van der Waals surface area contributed by atoms with Crippen LogP contribution in [0.15, 0.2) is 0 Å². The van der Waals surface area contributed by atoms with E-state index in [1.54, 1.807) is 0 Å². The van der Waals surface area contributed by atoms with E-state index in [0.29, 0.717) is 6.04 Å². The van der Waals surface area contributed by atoms with Crippen molar-refractivity contribution in [1.29, 1.82) is 0 Å². The number of aromatic nitrogens is 2. The summed E-state index contributed by atoms with van der Waals surface area (Å²) in [5, 5.41) is 3.76. The molecule has 1 aromatic heterocycles. The van der Waals surface area contributed by atoms with E-state index in [2.05, 4.69) is 23.7 Å². The van der Waals surface area contributed by atoms with Crippen molar-refractivity contribution in [2.45, 2.75) is 71.4 Å². The van der Waals surface area contributed by atoms with Crippen LogP contribution >= 0.6 is 0 Å². The normalized spacial score (nSPS) is 20.3. The van der Waals surface area contributed by atoms with Gasteiger partial charge in [0.05, 0.1) is 5.69 Å². The maximum Gasteiger partial charge on any atom is 0.106 e. The molecular formula is C16H27N3. The zero-order chi connectivity index (χ0) is 13.2. The maximum absolute atomic E-state index is 4.80. The Balaban J connectivity index is 1.75. The molecule has 2 aliphatic rings. The van der Waals surface area contributed by atoms with Crippen LogP contribution in [0, 0.1) is 12.8 Å². The van der Waals surface area contributed by atoms with E-state index in [1.165, 1.54) is 62.2 Å². The first-order chi connectivity index (χ1) is 9.29. The van der Waals surface area contributed by atoms with Gasteiger partial charge in [-0.2, -0.15) is 0 Å². The number of hydrogen-bond acceptors (Lipinski definition) is 2. The molecular weight excluding hydrogens is 234 g/mol. The van der Waals surface area contributed by atoms with Gasteiger partial charge in [-0.05, 0) is 64.3 Å². The number of imidazole rings is 1. The van der Waals surface area contributed by atoms with Gasteiger partial charge in [0.25, 0.3) is 0 Å². The fourth-order valence-corrected chi connectivity index (χ4v) is 3.38. The van der Waals surface area contributed by atoms with Crippen LogP contribution in [0.4, 0.5) is 0 Å². The topological polar surface area (TPSA) is 29.9 Å². The van der Waals surface area contributed by atoms with Crippen LogP contribution in [0.25, 0.3) is 0 Å². The van der Waals surface area contributed by atoms with Crippen molar-refractivity contribution in [2.24, 2.45) is 5.92 Å². The molecule has 0 spiro atoms. The fraction of sp³-hybridized carbons (Fsp3) is 0.812. The third-order valence-corrected chi connectivity index (χ3v) is 4.65. The van der Waals surface area contributed by atoms with E-state index < -0.39 is 0 Å². The smallest absolute Gasteiger partial charge is 0.106 e. The molecule has 0 amide bonds. The second kappa shape index (κ2) is 5.66. The first-order valence-corrected chi connectivity index (χ1v) is 8.08. The predicted molar refractivity (Wildman–Crippen MR) is 78.4 cm³/mol. The van der Waals surface area contributed by atoms with Gasteiger partial charge in [0.2, 0.25) is 0 Å². The molecule has 0 bridgehead atoms. The second-order valence-electron chi connectivity index (χ2n) is 6.27. The van der Waals surface area contributed by atoms with Crippen molar-refractivity contribution in [1.82, 2.24) is 14.9 Å². The largest absolute Gasteiger partial charge is 0.330 e. The molecule has 106 valence electrons. The average molecular weight is 261 g/mol. The van der Waals surface area contributed by atoms with Crippen LogP contribution in [-0.4, -0.2) is 22.1 Å². The van der Waals surface area contributed by atoms with Crippen LogP contribution in [-0.2, 0) is 19.4 Å². The Morgan fingerprint density at radius 3 is 2.84 bits per heavy atom. The minimum Gasteiger partial charge on any atom is -0.330 e. The van der Waals surface area contributed by atoms with Crippen molar-refractivity contribution < 1.29 is 0 Å². The lowest BCUT2D eigenvalue weighted by Crippen LogP contribution is -2.36. The summed E-state index contributed by atoms with van der Waals surface area (Å²) < 4.78 is 2.51. The summed E-state index contributed by atoms with van der Waals surface area (Å²) in [5.41, 5.74) is 2.92. The SMILES string of the molecule is CCCNC(Cn1c(C)nc2c1CCCC2)C1CC1. The van der Waals surface area contributed by atoms with Crippen LogP contribution in [0.1, 0.15) is 56.2 Å². The Hall–Kier alpha value is -0.830. The Morgan fingerprint density at radius 1 is 1.32 bits per heavy atom. The van der Waals surface area contributed by atoms with Crippen molar-refractivity contribution in [3.63, 3.8) is 0 Å². The lowest BCUT2D eigenvalue weighted by molar-refractivity contribution is 0.396. The van der Waals surface area contributed by atoms with E-state index in [-0.39, 0.29) is 0 Å². The standard InChI is InChI=1S/C16H27N3/c1-3-10-17-15(13-8-9-13)11-19-12(2)18-14-6-4-5-7-16(14)19/h13,15,17H,3-11H2,1-2H3. The lowest BCUT2D eigenvalue weighted by atomic mass is 10.0. The molecule has 1 fully saturated rings. The first-order valence-electron chi connectivity index (χ1n) is 8.08. The maximum atomic E-state index is 4.80. The van der Waals surface area contributed by atoms with Gasteiger partial charge in [0.1, 0.15) is 5.82 Å². The second-order valence-corrected chi connectivity index (χ2v) is 6.27. The predicted octanol–water partition coefficient (Wildman–Crippen LogP) is 2.85. The molecule has 0 aromatic carbocycles. The molecule has 1 aromatic rings. The molecule has 1 saturated carbocycles. The minimum absolute atomic E-state index is 0.666. The van der Waals surface area contributed by atoms with Crippen LogP contribution in [0.2, 0.25) is 0 Å².